The average molecular weight is 1230 g/mol. The summed E-state index contributed by atoms with van der Waals surface area (Å²) in [5.41, 5.74) is 14.7. The van der Waals surface area contributed by atoms with Crippen LogP contribution in [-0.4, -0.2) is 34.1 Å². The molecule has 1 N–H and O–H groups in total. The van der Waals surface area contributed by atoms with Crippen LogP contribution in [0.3, 0.4) is 0 Å². The first-order chi connectivity index (χ1) is 43.2. The van der Waals surface area contributed by atoms with Gasteiger partial charge in [0.05, 0.1) is 25.5 Å². The summed E-state index contributed by atoms with van der Waals surface area (Å²) in [7, 11) is 2.12. The fourth-order valence-corrected chi connectivity index (χ4v) is 10.7. The van der Waals surface area contributed by atoms with Gasteiger partial charge in [-0.15, -0.1) is 0 Å². The predicted molar refractivity (Wildman–Crippen MR) is 389 cm³/mol. The molecular weight excluding hydrogens is 1120 g/mol. The number of aromatic amines is 1. The molecule has 0 unspecified atom stereocenters. The van der Waals surface area contributed by atoms with E-state index in [1.54, 1.807) is 0 Å². The number of benzene rings is 6. The highest BCUT2D eigenvalue weighted by Gasteiger charge is 2.09. The number of nitrogens with one attached hydrogen (secondary N) is 1. The van der Waals surface area contributed by atoms with Gasteiger partial charge in [-0.2, -0.15) is 10.2 Å². The van der Waals surface area contributed by atoms with Crippen molar-refractivity contribution in [3.8, 4) is 0 Å². The summed E-state index contributed by atoms with van der Waals surface area (Å²) in [6.45, 7) is 33.0. The molecule has 0 spiro atoms. The van der Waals surface area contributed by atoms with E-state index in [1.807, 2.05) is 70.4 Å². The van der Waals surface area contributed by atoms with Crippen LogP contribution in [0.4, 0.5) is 0 Å². The molecule has 0 saturated carbocycles. The van der Waals surface area contributed by atoms with Gasteiger partial charge in [-0.3, -0.25) is 14.3 Å². The first kappa shape index (κ1) is 73.0. The van der Waals surface area contributed by atoms with Crippen LogP contribution in [0.15, 0.2) is 225 Å². The number of hydrogen-bond donors (Lipinski definition) is 1. The van der Waals surface area contributed by atoms with Crippen LogP contribution in [-0.2, 0) is 65.1 Å². The summed E-state index contributed by atoms with van der Waals surface area (Å²) in [4.78, 5) is 7.51. The largest absolute Gasteiger partial charge is 0.361 e. The Bertz CT molecular complexity index is 3480. The van der Waals surface area contributed by atoms with Crippen LogP contribution < -0.4 is 0 Å². The van der Waals surface area contributed by atoms with Gasteiger partial charge in [0.1, 0.15) is 0 Å². The van der Waals surface area contributed by atoms with Crippen molar-refractivity contribution in [2.45, 2.75) is 155 Å². The predicted octanol–water partition coefficient (Wildman–Crippen LogP) is 21.7. The molecule has 11 rings (SSSR count). The first-order valence-corrected chi connectivity index (χ1v) is 33.4. The normalized spacial score (nSPS) is 10.9. The van der Waals surface area contributed by atoms with Crippen molar-refractivity contribution in [1.82, 2.24) is 34.1 Å². The number of fused-ring (bicyclic) bond motifs is 2. The van der Waals surface area contributed by atoms with Gasteiger partial charge < -0.3 is 9.55 Å². The van der Waals surface area contributed by atoms with Crippen molar-refractivity contribution in [2.24, 2.45) is 48.5 Å². The van der Waals surface area contributed by atoms with Crippen LogP contribution in [0.25, 0.3) is 21.8 Å². The molecule has 8 heteroatoms. The maximum absolute atomic E-state index is 5.85. The minimum atomic E-state index is 0.670. The Hall–Kier alpha value is -7.74. The van der Waals surface area contributed by atoms with Gasteiger partial charge in [-0.1, -0.05) is 254 Å². The maximum Gasteiger partial charge on any atom is 0.0659 e. The SMILES string of the molecule is CC(C)Cc1c[nH]c2ccccc12.CC(C)Cc1ccccc1.CC(C)Cc1ccccc1.CC(C)Cc1ccccn1.CC(C)Cc1cn(C)c2ccccc12.CC(C)Cc1cnn(Cc2ccc(Cl)cc2)c1.CC(C)Cc1cnn(Cc2ccccc2)c1. The van der Waals surface area contributed by atoms with E-state index >= 15 is 0 Å². The molecule has 0 fully saturated rings. The molecule has 0 radical (unpaired) electrons. The lowest BCUT2D eigenvalue weighted by molar-refractivity contribution is 0.635. The Morgan fingerprint density at radius 3 is 1.23 bits per heavy atom. The second kappa shape index (κ2) is 40.1. The molecule has 0 bridgehead atoms. The Balaban J connectivity index is 0.000000193. The van der Waals surface area contributed by atoms with Crippen LogP contribution in [0, 0.1) is 41.4 Å². The van der Waals surface area contributed by atoms with Crippen LogP contribution >= 0.6 is 11.6 Å². The molecule has 5 aromatic heterocycles. The highest BCUT2D eigenvalue weighted by molar-refractivity contribution is 6.30. The molecule has 0 atom stereocenters. The molecule has 0 aliphatic heterocycles. The number of para-hydroxylation sites is 2. The van der Waals surface area contributed by atoms with Crippen molar-refractivity contribution in [3.05, 3.63) is 281 Å². The van der Waals surface area contributed by atoms with Crippen molar-refractivity contribution >= 4 is 33.4 Å². The fraction of sp³-hybridized carbons (Fsp3) is 0.378. The van der Waals surface area contributed by atoms with Gasteiger partial charge >= 0.3 is 0 Å². The van der Waals surface area contributed by atoms with E-state index in [2.05, 4.69) is 293 Å². The second-order valence-electron chi connectivity index (χ2n) is 26.8. The summed E-state index contributed by atoms with van der Waals surface area (Å²) < 4.78 is 6.20. The lowest BCUT2D eigenvalue weighted by Crippen LogP contribution is -1.99. The highest BCUT2D eigenvalue weighted by Crippen LogP contribution is 2.23. The third-order valence-corrected chi connectivity index (χ3v) is 14.6. The van der Waals surface area contributed by atoms with Crippen molar-refractivity contribution in [3.63, 3.8) is 0 Å². The van der Waals surface area contributed by atoms with E-state index in [0.29, 0.717) is 17.8 Å². The topological polar surface area (TPSA) is 69.2 Å². The van der Waals surface area contributed by atoms with E-state index in [9.17, 15) is 0 Å². The minimum Gasteiger partial charge on any atom is -0.361 e. The van der Waals surface area contributed by atoms with E-state index in [0.717, 1.165) is 67.5 Å². The number of halogens is 1. The summed E-state index contributed by atoms with van der Waals surface area (Å²) in [6.07, 6.45) is 22.4. The molecule has 478 valence electrons. The number of hydrogen-bond acceptors (Lipinski definition) is 3. The fourth-order valence-electron chi connectivity index (χ4n) is 10.6. The quantitative estimate of drug-likeness (QED) is 0.0931. The molecule has 90 heavy (non-hydrogen) atoms. The van der Waals surface area contributed by atoms with Crippen LogP contribution in [0.1, 0.15) is 147 Å². The Morgan fingerprint density at radius 2 is 0.767 bits per heavy atom. The summed E-state index contributed by atoms with van der Waals surface area (Å²) in [5, 5.41) is 12.3. The zero-order valence-corrected chi connectivity index (χ0v) is 58.1. The molecule has 0 saturated heterocycles. The lowest BCUT2D eigenvalue weighted by Gasteiger charge is -2.02. The third kappa shape index (κ3) is 29.3. The smallest absolute Gasteiger partial charge is 0.0659 e. The molecular formula is C82H108ClN7. The summed E-state index contributed by atoms with van der Waals surface area (Å²) >= 11 is 5.85. The number of rotatable bonds is 18. The number of aromatic nitrogens is 7. The average Bonchev–Trinajstić information content (AvgIpc) is 1.82. The minimum absolute atomic E-state index is 0.670. The van der Waals surface area contributed by atoms with Gasteiger partial charge in [0.15, 0.2) is 0 Å². The highest BCUT2D eigenvalue weighted by atomic mass is 35.5. The first-order valence-electron chi connectivity index (χ1n) is 33.1. The zero-order chi connectivity index (χ0) is 65.2. The standard InChI is InChI=1S/C14H17ClN2.C14H18N2.C13H17N.C12H15N.2C10H14.C9H13N/c1-11(2)7-13-8-16-17(10-13)9-12-3-5-14(15)6-4-12;1-12(2)8-14-9-15-16(11-14)10-13-6-4-3-5-7-13;1-10(2)8-11-9-14(3)13-7-5-4-6-12(11)13;1-9(2)7-10-8-13-12-6-4-3-5-11(10)12;2*1-9(2)8-10-6-4-3-5-7-10;1-8(2)7-9-5-3-4-6-10-9/h3-6,8,10-11H,7,9H2,1-2H3;3-7,9,11-12H,8,10H2,1-2H3;4-7,9-10H,8H2,1-3H3;3-6,8-9,13H,7H2,1-2H3;2*3-7,9H,8H2,1-2H3;3-6,8H,7H2,1-2H3. The monoisotopic (exact) mass is 1230 g/mol. The Kier molecular flexibility index (Phi) is 32.5. The Labute approximate surface area is 548 Å². The summed E-state index contributed by atoms with van der Waals surface area (Å²) in [6, 6.07) is 62.7. The van der Waals surface area contributed by atoms with Gasteiger partial charge in [-0.05, 0) is 167 Å². The second-order valence-corrected chi connectivity index (χ2v) is 27.3. The zero-order valence-electron chi connectivity index (χ0n) is 57.3. The Morgan fingerprint density at radius 1 is 0.367 bits per heavy atom. The van der Waals surface area contributed by atoms with E-state index in [-0.39, 0.29) is 0 Å². The number of nitrogens with zero attached hydrogens (tertiary/aromatic N) is 6. The van der Waals surface area contributed by atoms with Crippen LogP contribution in [0.5, 0.6) is 0 Å². The van der Waals surface area contributed by atoms with E-state index in [4.69, 9.17) is 11.6 Å². The molecule has 0 aliphatic carbocycles. The summed E-state index contributed by atoms with van der Waals surface area (Å²) in [5.74, 6) is 5.04. The van der Waals surface area contributed by atoms with Crippen LogP contribution in [0.2, 0.25) is 5.02 Å². The number of H-pyrrole nitrogens is 1. The molecule has 0 aliphatic rings. The molecule has 11 aromatic rings. The van der Waals surface area contributed by atoms with E-state index < -0.39 is 0 Å². The maximum atomic E-state index is 5.85. The van der Waals surface area contributed by atoms with E-state index in [1.165, 1.54) is 91.3 Å². The number of aryl methyl sites for hydroxylation is 1. The van der Waals surface area contributed by atoms with Gasteiger partial charge in [0.25, 0.3) is 0 Å². The molecule has 5 heterocycles. The van der Waals surface area contributed by atoms with Crippen molar-refractivity contribution in [2.75, 3.05) is 0 Å². The lowest BCUT2D eigenvalue weighted by atomic mass is 10.0. The van der Waals surface area contributed by atoms with Crippen molar-refractivity contribution in [1.29, 1.82) is 0 Å². The number of pyridine rings is 1. The molecule has 7 nitrogen and oxygen atoms in total. The molecule has 6 aromatic carbocycles. The van der Waals surface area contributed by atoms with Gasteiger partial charge in [-0.25, -0.2) is 0 Å². The van der Waals surface area contributed by atoms with Crippen molar-refractivity contribution < 1.29 is 0 Å². The molecule has 0 amide bonds. The van der Waals surface area contributed by atoms with Gasteiger partial charge in [0, 0.05) is 70.6 Å². The third-order valence-electron chi connectivity index (χ3n) is 14.3. The van der Waals surface area contributed by atoms with Gasteiger partial charge in [0.2, 0.25) is 0 Å².